The number of sulfonamides is 1. The van der Waals surface area contributed by atoms with Crippen molar-refractivity contribution in [3.05, 3.63) is 57.6 Å². The van der Waals surface area contributed by atoms with Gasteiger partial charge in [0.15, 0.2) is 0 Å². The van der Waals surface area contributed by atoms with Gasteiger partial charge in [0.25, 0.3) is 0 Å². The number of nitrogens with zero attached hydrogens (tertiary/aromatic N) is 1. The topological polar surface area (TPSA) is 46.6 Å². The van der Waals surface area contributed by atoms with E-state index < -0.39 is 10.0 Å². The number of fused-ring (bicyclic) bond motifs is 1. The van der Waals surface area contributed by atoms with E-state index in [9.17, 15) is 8.42 Å². The number of piperidine rings is 1. The van der Waals surface area contributed by atoms with Gasteiger partial charge in [0, 0.05) is 31.0 Å². The molecule has 4 rings (SSSR count). The van der Waals surface area contributed by atoms with Gasteiger partial charge >= 0.3 is 0 Å². The normalized spacial score (nSPS) is 19.5. The minimum Gasteiger partial charge on any atom is -0.487 e. The number of aryl methyl sites for hydroxylation is 2. The molecule has 2 heterocycles. The third kappa shape index (κ3) is 3.46. The van der Waals surface area contributed by atoms with Gasteiger partial charge in [-0.15, -0.1) is 0 Å². The fourth-order valence-corrected chi connectivity index (χ4v) is 6.16. The second-order valence-electron chi connectivity index (χ2n) is 7.33. The molecule has 2 aliphatic rings. The molecule has 0 atom stereocenters. The number of hydrogen-bond donors (Lipinski definition) is 0. The van der Waals surface area contributed by atoms with E-state index in [-0.39, 0.29) is 15.5 Å². The maximum Gasteiger partial charge on any atom is 0.244 e. The van der Waals surface area contributed by atoms with Crippen molar-refractivity contribution >= 4 is 33.2 Å². The lowest BCUT2D eigenvalue weighted by Gasteiger charge is -2.44. The van der Waals surface area contributed by atoms with Crippen molar-refractivity contribution in [2.75, 3.05) is 13.1 Å². The van der Waals surface area contributed by atoms with Gasteiger partial charge in [0.05, 0.1) is 5.02 Å². The molecule has 0 radical (unpaired) electrons. The Morgan fingerprint density at radius 2 is 1.74 bits per heavy atom. The van der Waals surface area contributed by atoms with Crippen LogP contribution in [-0.4, -0.2) is 31.4 Å². The summed E-state index contributed by atoms with van der Waals surface area (Å²) in [6.45, 7) is 2.61. The summed E-state index contributed by atoms with van der Waals surface area (Å²) in [6.07, 6.45) is 3.22. The fourth-order valence-electron chi connectivity index (χ4n) is 3.91. The monoisotopic (exact) mass is 425 g/mol. The molecular weight excluding hydrogens is 405 g/mol. The molecule has 1 spiro atoms. The Bertz CT molecular complexity index is 983. The average Bonchev–Trinajstić information content (AvgIpc) is 2.65. The fraction of sp³-hybridized carbons (Fsp3) is 0.400. The number of ether oxygens (including phenoxy) is 1. The van der Waals surface area contributed by atoms with Crippen molar-refractivity contribution in [2.24, 2.45) is 0 Å². The first-order valence-electron chi connectivity index (χ1n) is 9.03. The smallest absolute Gasteiger partial charge is 0.244 e. The summed E-state index contributed by atoms with van der Waals surface area (Å²) in [6, 6.07) is 11.1. The Balaban J connectivity index is 1.54. The van der Waals surface area contributed by atoms with Crippen LogP contribution in [0.4, 0.5) is 0 Å². The van der Waals surface area contributed by atoms with Crippen LogP contribution in [0.1, 0.15) is 30.4 Å². The maximum atomic E-state index is 13.1. The van der Waals surface area contributed by atoms with Gasteiger partial charge in [-0.2, -0.15) is 4.31 Å². The summed E-state index contributed by atoms with van der Waals surface area (Å²) in [5.41, 5.74) is 1.64. The van der Waals surface area contributed by atoms with Crippen LogP contribution in [0.2, 0.25) is 10.0 Å². The first-order valence-corrected chi connectivity index (χ1v) is 11.2. The van der Waals surface area contributed by atoms with Crippen LogP contribution in [-0.2, 0) is 16.4 Å². The van der Waals surface area contributed by atoms with Gasteiger partial charge in [-0.25, -0.2) is 8.42 Å². The molecule has 4 nitrogen and oxygen atoms in total. The lowest BCUT2D eigenvalue weighted by Crippen LogP contribution is -2.51. The molecule has 2 aliphatic heterocycles. The maximum absolute atomic E-state index is 13.1. The molecule has 144 valence electrons. The summed E-state index contributed by atoms with van der Waals surface area (Å²) >= 11 is 12.2. The number of benzene rings is 2. The van der Waals surface area contributed by atoms with E-state index in [1.165, 1.54) is 15.9 Å². The predicted octanol–water partition coefficient (Wildman–Crippen LogP) is 4.85. The van der Waals surface area contributed by atoms with E-state index in [0.717, 1.165) is 18.6 Å². The average molecular weight is 426 g/mol. The van der Waals surface area contributed by atoms with Gasteiger partial charge in [-0.1, -0.05) is 41.4 Å². The number of para-hydroxylation sites is 1. The molecule has 1 saturated heterocycles. The van der Waals surface area contributed by atoms with Crippen LogP contribution in [0.25, 0.3) is 0 Å². The molecule has 7 heteroatoms. The Hall–Kier alpha value is -1.27. The van der Waals surface area contributed by atoms with Crippen molar-refractivity contribution in [1.29, 1.82) is 0 Å². The molecule has 2 aromatic rings. The van der Waals surface area contributed by atoms with E-state index in [1.54, 1.807) is 13.0 Å². The van der Waals surface area contributed by atoms with Crippen molar-refractivity contribution < 1.29 is 13.2 Å². The third-order valence-electron chi connectivity index (χ3n) is 5.61. The van der Waals surface area contributed by atoms with Crippen LogP contribution < -0.4 is 4.74 Å². The second kappa shape index (κ2) is 6.96. The molecule has 2 aromatic carbocycles. The van der Waals surface area contributed by atoms with E-state index in [4.69, 9.17) is 27.9 Å². The Kier molecular flexibility index (Phi) is 4.91. The third-order valence-corrected chi connectivity index (χ3v) is 8.38. The molecule has 0 amide bonds. The molecule has 27 heavy (non-hydrogen) atoms. The second-order valence-corrected chi connectivity index (χ2v) is 10.0. The standard InChI is InChI=1S/C20H21Cl2NO3S/c1-14-12-19(17(22)13-16(14)21)27(24,25)23-10-8-20(9-11-23)7-6-15-4-2-3-5-18(15)26-20/h2-5,12-13H,6-11H2,1H3. The van der Waals surface area contributed by atoms with E-state index in [0.29, 0.717) is 36.5 Å². The number of halogens is 2. The zero-order valence-electron chi connectivity index (χ0n) is 15.0. The number of rotatable bonds is 2. The molecule has 0 aliphatic carbocycles. The zero-order valence-corrected chi connectivity index (χ0v) is 17.4. The highest BCUT2D eigenvalue weighted by molar-refractivity contribution is 7.89. The summed E-state index contributed by atoms with van der Waals surface area (Å²) in [5.74, 6) is 0.927. The van der Waals surface area contributed by atoms with Crippen molar-refractivity contribution in [3.8, 4) is 5.75 Å². The predicted molar refractivity (Wildman–Crippen MR) is 107 cm³/mol. The van der Waals surface area contributed by atoms with Gasteiger partial charge in [0.2, 0.25) is 10.0 Å². The van der Waals surface area contributed by atoms with Crippen LogP contribution in [0.3, 0.4) is 0 Å². The lowest BCUT2D eigenvalue weighted by atomic mass is 9.84. The molecule has 0 saturated carbocycles. The largest absolute Gasteiger partial charge is 0.487 e. The van der Waals surface area contributed by atoms with Gasteiger partial charge in [-0.3, -0.25) is 0 Å². The van der Waals surface area contributed by atoms with E-state index in [1.807, 2.05) is 18.2 Å². The van der Waals surface area contributed by atoms with Crippen molar-refractivity contribution in [2.45, 2.75) is 43.1 Å². The Morgan fingerprint density at radius 1 is 1.04 bits per heavy atom. The summed E-state index contributed by atoms with van der Waals surface area (Å²) < 4.78 is 34.0. The van der Waals surface area contributed by atoms with E-state index in [2.05, 4.69) is 6.07 Å². The summed E-state index contributed by atoms with van der Waals surface area (Å²) in [5, 5.41) is 0.625. The summed E-state index contributed by atoms with van der Waals surface area (Å²) in [7, 11) is -3.66. The quantitative estimate of drug-likeness (QED) is 0.690. The molecule has 0 N–H and O–H groups in total. The van der Waals surface area contributed by atoms with Crippen molar-refractivity contribution in [3.63, 3.8) is 0 Å². The Morgan fingerprint density at radius 3 is 2.48 bits per heavy atom. The first kappa shape index (κ1) is 19.1. The van der Waals surface area contributed by atoms with Crippen molar-refractivity contribution in [1.82, 2.24) is 4.31 Å². The first-order chi connectivity index (χ1) is 12.8. The van der Waals surface area contributed by atoms with Crippen LogP contribution >= 0.6 is 23.2 Å². The SMILES string of the molecule is Cc1cc(S(=O)(=O)N2CCC3(CCc4ccccc4O3)CC2)c(Cl)cc1Cl. The van der Waals surface area contributed by atoms with Crippen LogP contribution in [0.5, 0.6) is 5.75 Å². The van der Waals surface area contributed by atoms with Gasteiger partial charge in [0.1, 0.15) is 16.2 Å². The molecular formula is C20H21Cl2NO3S. The van der Waals surface area contributed by atoms with Crippen LogP contribution in [0, 0.1) is 6.92 Å². The highest BCUT2D eigenvalue weighted by Gasteiger charge is 2.42. The Labute approximate surface area is 170 Å². The summed E-state index contributed by atoms with van der Waals surface area (Å²) in [4.78, 5) is 0.122. The van der Waals surface area contributed by atoms with E-state index >= 15 is 0 Å². The van der Waals surface area contributed by atoms with Crippen LogP contribution in [0.15, 0.2) is 41.3 Å². The highest BCUT2D eigenvalue weighted by Crippen LogP contribution is 2.40. The highest BCUT2D eigenvalue weighted by atomic mass is 35.5. The number of hydrogen-bond acceptors (Lipinski definition) is 3. The zero-order chi connectivity index (χ0) is 19.2. The van der Waals surface area contributed by atoms with Gasteiger partial charge < -0.3 is 4.74 Å². The minimum atomic E-state index is -3.66. The molecule has 0 bridgehead atoms. The molecule has 0 aromatic heterocycles. The molecule has 0 unspecified atom stereocenters. The lowest BCUT2D eigenvalue weighted by molar-refractivity contribution is 0.00181. The van der Waals surface area contributed by atoms with Gasteiger partial charge in [-0.05, 0) is 49.1 Å². The minimum absolute atomic E-state index is 0.122. The molecule has 1 fully saturated rings.